The number of hydrogen-bond acceptors (Lipinski definition) is 2. The summed E-state index contributed by atoms with van der Waals surface area (Å²) in [7, 11) is 0. The highest BCUT2D eigenvalue weighted by Gasteiger charge is 1.93. The normalized spacial score (nSPS) is 10.8. The molecule has 0 bridgehead atoms. The van der Waals surface area contributed by atoms with E-state index in [0.717, 1.165) is 13.0 Å². The fourth-order valence-electron chi connectivity index (χ4n) is 0.940. The maximum absolute atomic E-state index is 3.39. The molecule has 1 aromatic heterocycles. The molecule has 0 aliphatic carbocycles. The van der Waals surface area contributed by atoms with Gasteiger partial charge >= 0.3 is 0 Å². The van der Waals surface area contributed by atoms with E-state index in [-0.39, 0.29) is 0 Å². The van der Waals surface area contributed by atoms with E-state index in [0.29, 0.717) is 6.04 Å². The van der Waals surface area contributed by atoms with Crippen LogP contribution in [0.4, 0.5) is 0 Å². The van der Waals surface area contributed by atoms with Gasteiger partial charge in [-0.15, -0.1) is 0 Å². The summed E-state index contributed by atoms with van der Waals surface area (Å²) in [6.45, 7) is 5.44. The van der Waals surface area contributed by atoms with Crippen LogP contribution in [0.1, 0.15) is 19.4 Å². The van der Waals surface area contributed by atoms with Crippen molar-refractivity contribution in [2.75, 3.05) is 6.54 Å². The average Bonchev–Trinajstić information content (AvgIpc) is 2.39. The molecule has 1 rings (SSSR count). The molecule has 0 unspecified atom stereocenters. The van der Waals surface area contributed by atoms with Crippen LogP contribution in [0.15, 0.2) is 16.8 Å². The molecule has 62 valence electrons. The van der Waals surface area contributed by atoms with Crippen LogP contribution in [0.5, 0.6) is 0 Å². The van der Waals surface area contributed by atoms with E-state index in [2.05, 4.69) is 36.0 Å². The Morgan fingerprint density at radius 2 is 2.36 bits per heavy atom. The molecule has 0 aliphatic heterocycles. The zero-order valence-corrected chi connectivity index (χ0v) is 7.95. The van der Waals surface area contributed by atoms with Crippen LogP contribution in [0.2, 0.25) is 0 Å². The van der Waals surface area contributed by atoms with E-state index >= 15 is 0 Å². The number of hydrogen-bond donors (Lipinski definition) is 1. The molecule has 0 fully saturated rings. The zero-order chi connectivity index (χ0) is 8.10. The van der Waals surface area contributed by atoms with Crippen LogP contribution >= 0.6 is 11.3 Å². The van der Waals surface area contributed by atoms with E-state index in [1.807, 2.05) is 0 Å². The van der Waals surface area contributed by atoms with Gasteiger partial charge in [0.15, 0.2) is 0 Å². The van der Waals surface area contributed by atoms with Crippen molar-refractivity contribution in [2.24, 2.45) is 0 Å². The third-order valence-electron chi connectivity index (χ3n) is 1.55. The van der Waals surface area contributed by atoms with Gasteiger partial charge in [0.1, 0.15) is 0 Å². The largest absolute Gasteiger partial charge is 0.314 e. The van der Waals surface area contributed by atoms with Crippen molar-refractivity contribution < 1.29 is 0 Å². The van der Waals surface area contributed by atoms with Crippen molar-refractivity contribution in [3.05, 3.63) is 22.4 Å². The van der Waals surface area contributed by atoms with Gasteiger partial charge in [0, 0.05) is 6.04 Å². The van der Waals surface area contributed by atoms with E-state index < -0.39 is 0 Å². The van der Waals surface area contributed by atoms with E-state index in [1.165, 1.54) is 5.56 Å². The standard InChI is InChI=1S/C9H15NS/c1-8(2)10-5-3-9-4-6-11-7-9/h4,6-8,10H,3,5H2,1-2H3. The Morgan fingerprint density at radius 1 is 1.55 bits per heavy atom. The predicted molar refractivity (Wildman–Crippen MR) is 51.2 cm³/mol. The second-order valence-electron chi connectivity index (χ2n) is 2.99. The maximum Gasteiger partial charge on any atom is 0.00105 e. The molecule has 0 aromatic carbocycles. The summed E-state index contributed by atoms with van der Waals surface area (Å²) >= 11 is 1.77. The van der Waals surface area contributed by atoms with Crippen LogP contribution in [0, 0.1) is 0 Å². The van der Waals surface area contributed by atoms with Gasteiger partial charge in [0.25, 0.3) is 0 Å². The second kappa shape index (κ2) is 4.52. The molecular weight excluding hydrogens is 154 g/mol. The summed E-state index contributed by atoms with van der Waals surface area (Å²) in [5.41, 5.74) is 1.45. The van der Waals surface area contributed by atoms with E-state index in [1.54, 1.807) is 11.3 Å². The number of rotatable bonds is 4. The molecular formula is C9H15NS. The van der Waals surface area contributed by atoms with Crippen molar-refractivity contribution in [1.82, 2.24) is 5.32 Å². The molecule has 11 heavy (non-hydrogen) atoms. The minimum absolute atomic E-state index is 0.605. The van der Waals surface area contributed by atoms with Crippen molar-refractivity contribution in [2.45, 2.75) is 26.3 Å². The fraction of sp³-hybridized carbons (Fsp3) is 0.556. The SMILES string of the molecule is CC(C)NCCc1ccsc1. The lowest BCUT2D eigenvalue weighted by molar-refractivity contribution is 0.591. The van der Waals surface area contributed by atoms with Gasteiger partial charge in [-0.1, -0.05) is 13.8 Å². The first-order valence-electron chi connectivity index (χ1n) is 4.03. The molecule has 0 saturated carbocycles. The Hall–Kier alpha value is -0.340. The van der Waals surface area contributed by atoms with Gasteiger partial charge in [-0.3, -0.25) is 0 Å². The molecule has 1 aromatic rings. The fourth-order valence-corrected chi connectivity index (χ4v) is 1.64. The molecule has 0 aliphatic rings. The van der Waals surface area contributed by atoms with Crippen molar-refractivity contribution in [1.29, 1.82) is 0 Å². The first kappa shape index (κ1) is 8.75. The topological polar surface area (TPSA) is 12.0 Å². The average molecular weight is 169 g/mol. The first-order valence-corrected chi connectivity index (χ1v) is 4.98. The van der Waals surface area contributed by atoms with Crippen LogP contribution < -0.4 is 5.32 Å². The van der Waals surface area contributed by atoms with Crippen molar-refractivity contribution in [3.63, 3.8) is 0 Å². The monoisotopic (exact) mass is 169 g/mol. The molecule has 1 nitrogen and oxygen atoms in total. The third kappa shape index (κ3) is 3.54. The quantitative estimate of drug-likeness (QED) is 0.729. The Balaban J connectivity index is 2.14. The van der Waals surface area contributed by atoms with Gasteiger partial charge in [-0.25, -0.2) is 0 Å². The summed E-state index contributed by atoms with van der Waals surface area (Å²) in [4.78, 5) is 0. The number of nitrogens with one attached hydrogen (secondary N) is 1. The lowest BCUT2D eigenvalue weighted by Gasteiger charge is -2.05. The summed E-state index contributed by atoms with van der Waals surface area (Å²) < 4.78 is 0. The van der Waals surface area contributed by atoms with Crippen molar-refractivity contribution >= 4 is 11.3 Å². The highest BCUT2D eigenvalue weighted by Crippen LogP contribution is 2.05. The van der Waals surface area contributed by atoms with Gasteiger partial charge < -0.3 is 5.32 Å². The summed E-state index contributed by atoms with van der Waals surface area (Å²) in [6, 6.07) is 2.79. The predicted octanol–water partition coefficient (Wildman–Crippen LogP) is 2.29. The zero-order valence-electron chi connectivity index (χ0n) is 7.13. The summed E-state index contributed by atoms with van der Waals surface area (Å²) in [5, 5.41) is 7.73. The van der Waals surface area contributed by atoms with Crippen LogP contribution in [-0.4, -0.2) is 12.6 Å². The van der Waals surface area contributed by atoms with Gasteiger partial charge in [0.05, 0.1) is 0 Å². The first-order chi connectivity index (χ1) is 5.29. The lowest BCUT2D eigenvalue weighted by atomic mass is 10.2. The van der Waals surface area contributed by atoms with E-state index in [9.17, 15) is 0 Å². The smallest absolute Gasteiger partial charge is 0.00105 e. The highest BCUT2D eigenvalue weighted by atomic mass is 32.1. The minimum Gasteiger partial charge on any atom is -0.314 e. The molecule has 0 atom stereocenters. The minimum atomic E-state index is 0.605. The highest BCUT2D eigenvalue weighted by molar-refractivity contribution is 7.07. The molecule has 1 heterocycles. The van der Waals surface area contributed by atoms with Crippen LogP contribution in [0.25, 0.3) is 0 Å². The summed E-state index contributed by atoms with van der Waals surface area (Å²) in [6.07, 6.45) is 1.15. The third-order valence-corrected chi connectivity index (χ3v) is 2.28. The number of thiophene rings is 1. The molecule has 0 amide bonds. The van der Waals surface area contributed by atoms with Gasteiger partial charge in [-0.2, -0.15) is 11.3 Å². The maximum atomic E-state index is 3.39. The summed E-state index contributed by atoms with van der Waals surface area (Å²) in [5.74, 6) is 0. The van der Waals surface area contributed by atoms with Gasteiger partial charge in [-0.05, 0) is 35.4 Å². The lowest BCUT2D eigenvalue weighted by Crippen LogP contribution is -2.24. The van der Waals surface area contributed by atoms with Crippen molar-refractivity contribution in [3.8, 4) is 0 Å². The molecule has 1 N–H and O–H groups in total. The van der Waals surface area contributed by atoms with Crippen LogP contribution in [-0.2, 0) is 6.42 Å². The van der Waals surface area contributed by atoms with Gasteiger partial charge in [0.2, 0.25) is 0 Å². The molecule has 0 radical (unpaired) electrons. The molecule has 0 spiro atoms. The Bertz CT molecular complexity index is 179. The Kier molecular flexibility index (Phi) is 3.60. The van der Waals surface area contributed by atoms with E-state index in [4.69, 9.17) is 0 Å². The second-order valence-corrected chi connectivity index (χ2v) is 3.77. The Morgan fingerprint density at radius 3 is 2.91 bits per heavy atom. The molecule has 0 saturated heterocycles. The van der Waals surface area contributed by atoms with Crippen LogP contribution in [0.3, 0.4) is 0 Å². The Labute approximate surface area is 72.4 Å². The molecule has 2 heteroatoms.